The highest BCUT2D eigenvalue weighted by Crippen LogP contribution is 2.38. The molecule has 0 spiro atoms. The summed E-state index contributed by atoms with van der Waals surface area (Å²) < 4.78 is 13.4. The molecule has 0 aliphatic heterocycles. The van der Waals surface area contributed by atoms with Crippen LogP contribution in [0.1, 0.15) is 22.1 Å². The molecular weight excluding hydrogens is 302 g/mol. The van der Waals surface area contributed by atoms with Crippen LogP contribution < -0.4 is 0 Å². The maximum absolute atomic E-state index is 13.4. The van der Waals surface area contributed by atoms with E-state index in [1.165, 1.54) is 6.07 Å². The first-order valence-electron chi connectivity index (χ1n) is 5.77. The van der Waals surface area contributed by atoms with Crippen molar-refractivity contribution in [1.29, 1.82) is 0 Å². The maximum atomic E-state index is 13.4. The Morgan fingerprint density at radius 3 is 2.53 bits per heavy atom. The molecule has 0 radical (unpaired) electrons. The van der Waals surface area contributed by atoms with Gasteiger partial charge in [-0.3, -0.25) is 0 Å². The molecule has 0 aromatic heterocycles. The van der Waals surface area contributed by atoms with Gasteiger partial charge in [0.1, 0.15) is 5.82 Å². The summed E-state index contributed by atoms with van der Waals surface area (Å²) in [5.74, 6) is -0.309. The molecule has 19 heavy (non-hydrogen) atoms. The summed E-state index contributed by atoms with van der Waals surface area (Å²) in [6.07, 6.45) is 2.00. The van der Waals surface area contributed by atoms with Gasteiger partial charge in [-0.15, -0.1) is 23.4 Å². The van der Waals surface area contributed by atoms with E-state index in [9.17, 15) is 4.39 Å². The lowest BCUT2D eigenvalue weighted by Gasteiger charge is -2.16. The van der Waals surface area contributed by atoms with Crippen LogP contribution in [0, 0.1) is 12.7 Å². The molecule has 0 N–H and O–H groups in total. The number of hydrogen-bond donors (Lipinski definition) is 0. The quantitative estimate of drug-likeness (QED) is 0.506. The predicted molar refractivity (Wildman–Crippen MR) is 82.1 cm³/mol. The van der Waals surface area contributed by atoms with Crippen molar-refractivity contribution in [3.05, 3.63) is 63.9 Å². The zero-order valence-electron chi connectivity index (χ0n) is 10.6. The summed E-state index contributed by atoms with van der Waals surface area (Å²) in [6, 6.07) is 10.9. The highest BCUT2D eigenvalue weighted by atomic mass is 35.5. The molecule has 0 bridgehead atoms. The molecule has 2 rings (SSSR count). The van der Waals surface area contributed by atoms with E-state index < -0.39 is 0 Å². The van der Waals surface area contributed by atoms with Crippen molar-refractivity contribution < 1.29 is 4.39 Å². The second-order valence-electron chi connectivity index (χ2n) is 4.23. The fourth-order valence-electron chi connectivity index (χ4n) is 1.92. The Labute approximate surface area is 126 Å². The lowest BCUT2D eigenvalue weighted by Crippen LogP contribution is -1.98. The fraction of sp³-hybridized carbons (Fsp3) is 0.200. The van der Waals surface area contributed by atoms with Gasteiger partial charge < -0.3 is 0 Å². The normalized spacial score (nSPS) is 12.5. The second-order valence-corrected chi connectivity index (χ2v) is 5.92. The van der Waals surface area contributed by atoms with Gasteiger partial charge in [0.05, 0.1) is 5.38 Å². The minimum absolute atomic E-state index is 0.309. The monoisotopic (exact) mass is 314 g/mol. The van der Waals surface area contributed by atoms with E-state index in [2.05, 4.69) is 0 Å². The molecule has 4 heteroatoms. The first-order valence-corrected chi connectivity index (χ1v) is 7.81. The number of hydrogen-bond acceptors (Lipinski definition) is 1. The lowest BCUT2D eigenvalue weighted by atomic mass is 10.0. The Morgan fingerprint density at radius 1 is 1.16 bits per heavy atom. The van der Waals surface area contributed by atoms with Crippen LogP contribution in [0.2, 0.25) is 5.02 Å². The molecule has 0 heterocycles. The molecule has 0 saturated heterocycles. The van der Waals surface area contributed by atoms with Crippen molar-refractivity contribution in [2.75, 3.05) is 6.26 Å². The van der Waals surface area contributed by atoms with E-state index in [0.717, 1.165) is 16.0 Å². The summed E-state index contributed by atoms with van der Waals surface area (Å²) in [7, 11) is 0. The van der Waals surface area contributed by atoms with Crippen LogP contribution >= 0.6 is 35.0 Å². The summed E-state index contributed by atoms with van der Waals surface area (Å²) in [5.41, 5.74) is 2.28. The van der Waals surface area contributed by atoms with Crippen molar-refractivity contribution in [1.82, 2.24) is 0 Å². The van der Waals surface area contributed by atoms with Crippen LogP contribution in [0.15, 0.2) is 41.3 Å². The molecule has 1 atom stereocenters. The number of rotatable bonds is 3. The van der Waals surface area contributed by atoms with Gasteiger partial charge >= 0.3 is 0 Å². The minimum atomic E-state index is -0.379. The maximum Gasteiger partial charge on any atom is 0.127 e. The average molecular weight is 315 g/mol. The van der Waals surface area contributed by atoms with E-state index in [0.29, 0.717) is 10.6 Å². The molecule has 0 saturated carbocycles. The number of benzene rings is 2. The van der Waals surface area contributed by atoms with E-state index in [1.807, 2.05) is 30.5 Å². The summed E-state index contributed by atoms with van der Waals surface area (Å²) in [5, 5.41) is -0.0190. The second kappa shape index (κ2) is 6.17. The summed E-state index contributed by atoms with van der Waals surface area (Å²) in [6.45, 7) is 1.71. The summed E-state index contributed by atoms with van der Waals surface area (Å²) in [4.78, 5) is 1.10. The summed E-state index contributed by atoms with van der Waals surface area (Å²) >= 11 is 14.3. The predicted octanol–water partition coefficient (Wildman–Crippen LogP) is 5.84. The van der Waals surface area contributed by atoms with Gasteiger partial charge in [-0.05, 0) is 48.1 Å². The van der Waals surface area contributed by atoms with Crippen LogP contribution in [0.5, 0.6) is 0 Å². The Hall–Kier alpha value is -0.700. The molecule has 0 amide bonds. The molecular formula is C15H13Cl2FS. The molecule has 1 unspecified atom stereocenters. The Balaban J connectivity index is 2.50. The van der Waals surface area contributed by atoms with Crippen molar-refractivity contribution in [3.63, 3.8) is 0 Å². The van der Waals surface area contributed by atoms with E-state index in [-0.39, 0.29) is 11.2 Å². The Bertz CT molecular complexity index is 599. The number of halogens is 3. The largest absolute Gasteiger partial charge is 0.207 e. The van der Waals surface area contributed by atoms with Gasteiger partial charge in [0, 0.05) is 9.92 Å². The highest BCUT2D eigenvalue weighted by molar-refractivity contribution is 7.98. The molecule has 0 aliphatic carbocycles. The van der Waals surface area contributed by atoms with Gasteiger partial charge in [0.25, 0.3) is 0 Å². The van der Waals surface area contributed by atoms with Gasteiger partial charge in [0.15, 0.2) is 0 Å². The van der Waals surface area contributed by atoms with Gasteiger partial charge in [-0.2, -0.15) is 0 Å². The van der Waals surface area contributed by atoms with Crippen molar-refractivity contribution in [2.24, 2.45) is 0 Å². The van der Waals surface area contributed by atoms with Crippen LogP contribution in [0.4, 0.5) is 4.39 Å². The molecule has 0 aliphatic rings. The van der Waals surface area contributed by atoms with Crippen LogP contribution in [-0.2, 0) is 0 Å². The van der Waals surface area contributed by atoms with Crippen LogP contribution in [0.25, 0.3) is 0 Å². The average Bonchev–Trinajstić information content (AvgIpc) is 2.42. The van der Waals surface area contributed by atoms with Crippen molar-refractivity contribution in [2.45, 2.75) is 17.2 Å². The van der Waals surface area contributed by atoms with Gasteiger partial charge in [-0.1, -0.05) is 29.8 Å². The molecule has 2 aromatic carbocycles. The van der Waals surface area contributed by atoms with Crippen molar-refractivity contribution in [3.8, 4) is 0 Å². The zero-order chi connectivity index (χ0) is 14.0. The van der Waals surface area contributed by atoms with E-state index in [1.54, 1.807) is 24.8 Å². The standard InChI is InChI=1S/C15H13Cl2FS/c1-9-7-11(12(16)8-13(9)18)15(17)10-5-3-4-6-14(10)19-2/h3-8,15H,1-2H3. The number of thioether (sulfide) groups is 1. The fourth-order valence-corrected chi connectivity index (χ4v) is 3.30. The smallest absolute Gasteiger partial charge is 0.127 e. The third-order valence-corrected chi connectivity index (χ3v) is 4.57. The van der Waals surface area contributed by atoms with E-state index >= 15 is 0 Å². The minimum Gasteiger partial charge on any atom is -0.207 e. The first-order chi connectivity index (χ1) is 9.04. The van der Waals surface area contributed by atoms with Gasteiger partial charge in [0.2, 0.25) is 0 Å². The SMILES string of the molecule is CSc1ccccc1C(Cl)c1cc(C)c(F)cc1Cl. The lowest BCUT2D eigenvalue weighted by molar-refractivity contribution is 0.617. The number of aryl methyl sites for hydroxylation is 1. The first kappa shape index (κ1) is 14.7. The topological polar surface area (TPSA) is 0 Å². The Kier molecular flexibility index (Phi) is 4.77. The van der Waals surface area contributed by atoms with Crippen LogP contribution in [-0.4, -0.2) is 6.26 Å². The van der Waals surface area contributed by atoms with Crippen LogP contribution in [0.3, 0.4) is 0 Å². The van der Waals surface area contributed by atoms with E-state index in [4.69, 9.17) is 23.2 Å². The zero-order valence-corrected chi connectivity index (χ0v) is 12.9. The Morgan fingerprint density at radius 2 is 1.84 bits per heavy atom. The van der Waals surface area contributed by atoms with Crippen molar-refractivity contribution >= 4 is 35.0 Å². The van der Waals surface area contributed by atoms with Gasteiger partial charge in [-0.25, -0.2) is 4.39 Å². The third kappa shape index (κ3) is 3.07. The molecule has 0 fully saturated rings. The number of alkyl halides is 1. The highest BCUT2D eigenvalue weighted by Gasteiger charge is 2.18. The molecule has 100 valence electrons. The molecule has 0 nitrogen and oxygen atoms in total. The third-order valence-electron chi connectivity index (χ3n) is 2.96. The molecule has 2 aromatic rings.